The Morgan fingerprint density at radius 1 is 1.16 bits per heavy atom. The lowest BCUT2D eigenvalue weighted by atomic mass is 9.78. The standard InChI is InChI=1S/C24H25ClF4N4O2S2/c1-33(2)21-7-6-15(14-4-3-5-16(10-14)24(27,28)29)11-20(21)31-19-13-18(26)22(12-17(19)25)37(34,35)32-23-30-8-9-36-23/h3-5,8-10,12-13,15,20-21,31H,6-7,11H2,1-2H3,(H,30,32)/t15-,20+,21+/m1/s1. The van der Waals surface area contributed by atoms with Gasteiger partial charge in [-0.25, -0.2) is 17.8 Å². The van der Waals surface area contributed by atoms with Crippen LogP contribution in [0.3, 0.4) is 0 Å². The smallest absolute Gasteiger partial charge is 0.379 e. The second-order valence-electron chi connectivity index (χ2n) is 9.12. The topological polar surface area (TPSA) is 74.3 Å². The summed E-state index contributed by atoms with van der Waals surface area (Å²) in [6, 6.07) is 7.10. The van der Waals surface area contributed by atoms with E-state index in [1.807, 2.05) is 19.0 Å². The van der Waals surface area contributed by atoms with Crippen LogP contribution in [0, 0.1) is 5.82 Å². The summed E-state index contributed by atoms with van der Waals surface area (Å²) in [5.41, 5.74) is 0.0947. The van der Waals surface area contributed by atoms with Crippen LogP contribution in [0.5, 0.6) is 0 Å². The molecule has 0 spiro atoms. The van der Waals surface area contributed by atoms with Gasteiger partial charge in [0, 0.05) is 23.7 Å². The Morgan fingerprint density at radius 2 is 1.92 bits per heavy atom. The maximum Gasteiger partial charge on any atom is 0.416 e. The van der Waals surface area contributed by atoms with E-state index in [1.165, 1.54) is 18.3 Å². The lowest BCUT2D eigenvalue weighted by Crippen LogP contribution is -2.47. The highest BCUT2D eigenvalue weighted by Crippen LogP contribution is 2.39. The van der Waals surface area contributed by atoms with Crippen LogP contribution < -0.4 is 10.0 Å². The van der Waals surface area contributed by atoms with Crippen molar-refractivity contribution in [3.8, 4) is 0 Å². The Balaban J connectivity index is 1.59. The van der Waals surface area contributed by atoms with E-state index in [2.05, 4.69) is 15.0 Å². The van der Waals surface area contributed by atoms with Crippen LogP contribution in [-0.2, 0) is 16.2 Å². The van der Waals surface area contributed by atoms with E-state index in [9.17, 15) is 21.6 Å². The average Bonchev–Trinajstić information content (AvgIpc) is 3.32. The number of benzene rings is 2. The van der Waals surface area contributed by atoms with E-state index < -0.39 is 32.5 Å². The number of rotatable bonds is 7. The fourth-order valence-corrected chi connectivity index (χ4v) is 6.85. The molecule has 4 rings (SSSR count). The van der Waals surface area contributed by atoms with Gasteiger partial charge in [0.2, 0.25) is 0 Å². The molecule has 37 heavy (non-hydrogen) atoms. The normalized spacial score (nSPS) is 20.7. The molecule has 2 N–H and O–H groups in total. The third kappa shape index (κ3) is 6.36. The highest BCUT2D eigenvalue weighted by Gasteiger charge is 2.35. The largest absolute Gasteiger partial charge is 0.416 e. The molecule has 0 aliphatic heterocycles. The average molecular weight is 577 g/mol. The van der Waals surface area contributed by atoms with Crippen molar-refractivity contribution in [2.45, 2.75) is 48.3 Å². The summed E-state index contributed by atoms with van der Waals surface area (Å²) >= 11 is 7.44. The van der Waals surface area contributed by atoms with Crippen molar-refractivity contribution in [1.82, 2.24) is 9.88 Å². The van der Waals surface area contributed by atoms with Gasteiger partial charge in [0.15, 0.2) is 5.13 Å². The van der Waals surface area contributed by atoms with Crippen molar-refractivity contribution in [3.05, 3.63) is 69.9 Å². The van der Waals surface area contributed by atoms with Gasteiger partial charge in [-0.1, -0.05) is 29.8 Å². The number of hydrogen-bond acceptors (Lipinski definition) is 6. The van der Waals surface area contributed by atoms with Crippen LogP contribution in [-0.4, -0.2) is 44.5 Å². The van der Waals surface area contributed by atoms with Gasteiger partial charge in [0.1, 0.15) is 10.7 Å². The van der Waals surface area contributed by atoms with E-state index in [4.69, 9.17) is 11.6 Å². The SMILES string of the molecule is CN(C)[C@H]1CC[C@@H](c2cccc(C(F)(F)F)c2)C[C@@H]1Nc1cc(F)c(S(=O)(=O)Nc2nccs2)cc1Cl. The first-order valence-corrected chi connectivity index (χ1v) is 14.1. The third-order valence-electron chi connectivity index (χ3n) is 6.47. The van der Waals surface area contributed by atoms with Gasteiger partial charge in [0.05, 0.1) is 16.3 Å². The zero-order valence-corrected chi connectivity index (χ0v) is 22.3. The molecule has 1 heterocycles. The molecule has 0 saturated heterocycles. The second kappa shape index (κ2) is 10.8. The van der Waals surface area contributed by atoms with Crippen molar-refractivity contribution >= 4 is 43.8 Å². The van der Waals surface area contributed by atoms with Gasteiger partial charge in [-0.05, 0) is 63.0 Å². The summed E-state index contributed by atoms with van der Waals surface area (Å²) in [5.74, 6) is -1.15. The quantitative estimate of drug-likeness (QED) is 0.317. The molecular formula is C24H25ClF4N4O2S2. The maximum atomic E-state index is 15.0. The molecule has 1 aromatic heterocycles. The number of anilines is 2. The Labute approximate surface area is 221 Å². The summed E-state index contributed by atoms with van der Waals surface area (Å²) in [6.45, 7) is 0. The van der Waals surface area contributed by atoms with Gasteiger partial charge in [-0.3, -0.25) is 4.72 Å². The molecule has 1 fully saturated rings. The van der Waals surface area contributed by atoms with E-state index in [1.54, 1.807) is 11.4 Å². The number of thiazole rings is 1. The molecule has 1 aliphatic rings. The van der Waals surface area contributed by atoms with Gasteiger partial charge in [0.25, 0.3) is 10.0 Å². The van der Waals surface area contributed by atoms with Crippen LogP contribution in [0.1, 0.15) is 36.3 Å². The summed E-state index contributed by atoms with van der Waals surface area (Å²) < 4.78 is 82.3. The Hall–Kier alpha value is -2.41. The predicted octanol–water partition coefficient (Wildman–Crippen LogP) is 6.43. The second-order valence-corrected chi connectivity index (χ2v) is 12.1. The monoisotopic (exact) mass is 576 g/mol. The highest BCUT2D eigenvalue weighted by atomic mass is 35.5. The van der Waals surface area contributed by atoms with Crippen LogP contribution in [0.15, 0.2) is 52.9 Å². The first-order chi connectivity index (χ1) is 17.3. The number of hydrogen-bond donors (Lipinski definition) is 2. The van der Waals surface area contributed by atoms with Crippen molar-refractivity contribution in [2.24, 2.45) is 0 Å². The van der Waals surface area contributed by atoms with Gasteiger partial charge < -0.3 is 10.2 Å². The van der Waals surface area contributed by atoms with E-state index in [0.29, 0.717) is 24.8 Å². The van der Waals surface area contributed by atoms with Crippen molar-refractivity contribution in [1.29, 1.82) is 0 Å². The van der Waals surface area contributed by atoms with Gasteiger partial charge in [-0.2, -0.15) is 13.2 Å². The van der Waals surface area contributed by atoms with Crippen LogP contribution >= 0.6 is 22.9 Å². The molecule has 2 aromatic carbocycles. The van der Waals surface area contributed by atoms with E-state index in [0.717, 1.165) is 29.5 Å². The number of alkyl halides is 3. The van der Waals surface area contributed by atoms with E-state index in [-0.39, 0.29) is 33.8 Å². The first kappa shape index (κ1) is 27.6. The Morgan fingerprint density at radius 3 is 2.57 bits per heavy atom. The number of nitrogens with zero attached hydrogens (tertiary/aromatic N) is 2. The molecule has 3 atom stereocenters. The maximum absolute atomic E-state index is 15.0. The number of sulfonamides is 1. The van der Waals surface area contributed by atoms with Crippen molar-refractivity contribution in [3.63, 3.8) is 0 Å². The number of halogens is 5. The van der Waals surface area contributed by atoms with Gasteiger partial charge in [-0.15, -0.1) is 11.3 Å². The molecule has 0 unspecified atom stereocenters. The van der Waals surface area contributed by atoms with Crippen LogP contribution in [0.2, 0.25) is 5.02 Å². The molecule has 0 amide bonds. The fourth-order valence-electron chi connectivity index (χ4n) is 4.69. The number of likely N-dealkylation sites (N-methyl/N-ethyl adjacent to an activating group) is 1. The van der Waals surface area contributed by atoms with Crippen LogP contribution in [0.25, 0.3) is 0 Å². The summed E-state index contributed by atoms with van der Waals surface area (Å²) in [4.78, 5) is 5.23. The van der Waals surface area contributed by atoms with Crippen molar-refractivity contribution in [2.75, 3.05) is 24.1 Å². The fraction of sp³-hybridized carbons (Fsp3) is 0.375. The molecule has 1 aliphatic carbocycles. The molecule has 6 nitrogen and oxygen atoms in total. The van der Waals surface area contributed by atoms with Gasteiger partial charge >= 0.3 is 6.18 Å². The number of nitrogens with one attached hydrogen (secondary N) is 2. The molecular weight excluding hydrogens is 552 g/mol. The van der Waals surface area contributed by atoms with Crippen molar-refractivity contribution < 1.29 is 26.0 Å². The van der Waals surface area contributed by atoms with E-state index >= 15 is 4.39 Å². The molecule has 200 valence electrons. The predicted molar refractivity (Wildman–Crippen MR) is 137 cm³/mol. The molecule has 0 radical (unpaired) electrons. The Bertz CT molecular complexity index is 1350. The minimum atomic E-state index is -4.43. The summed E-state index contributed by atoms with van der Waals surface area (Å²) in [7, 11) is -0.471. The Kier molecular flexibility index (Phi) is 8.03. The molecule has 0 bridgehead atoms. The summed E-state index contributed by atoms with van der Waals surface area (Å²) in [6.07, 6.45) is -1.17. The minimum Gasteiger partial charge on any atom is -0.379 e. The molecule has 3 aromatic rings. The number of aromatic nitrogens is 1. The zero-order chi connectivity index (χ0) is 27.0. The lowest BCUT2D eigenvalue weighted by molar-refractivity contribution is -0.137. The minimum absolute atomic E-state index is 0.000359. The third-order valence-corrected chi connectivity index (χ3v) is 8.95. The summed E-state index contributed by atoms with van der Waals surface area (Å²) in [5, 5.41) is 4.90. The molecule has 1 saturated carbocycles. The molecule has 13 heteroatoms. The van der Waals surface area contributed by atoms with Crippen LogP contribution in [0.4, 0.5) is 28.4 Å². The lowest BCUT2D eigenvalue weighted by Gasteiger charge is -2.41. The first-order valence-electron chi connectivity index (χ1n) is 11.4. The highest BCUT2D eigenvalue weighted by molar-refractivity contribution is 7.93. The zero-order valence-electron chi connectivity index (χ0n) is 19.9.